The van der Waals surface area contributed by atoms with Crippen LogP contribution in [0.5, 0.6) is 5.75 Å². The minimum atomic E-state index is -3.68. The van der Waals surface area contributed by atoms with Gasteiger partial charge in [0.2, 0.25) is 10.0 Å². The Morgan fingerprint density at radius 3 is 2.52 bits per heavy atom. The Labute approximate surface area is 158 Å². The highest BCUT2D eigenvalue weighted by atomic mass is 32.2. The van der Waals surface area contributed by atoms with Gasteiger partial charge in [-0.3, -0.25) is 4.79 Å². The molecule has 1 aliphatic heterocycles. The van der Waals surface area contributed by atoms with Crippen molar-refractivity contribution in [2.24, 2.45) is 0 Å². The highest BCUT2D eigenvalue weighted by Crippen LogP contribution is 2.27. The smallest absolute Gasteiger partial charge is 0.259 e. The lowest BCUT2D eigenvalue weighted by atomic mass is 10.2. The highest BCUT2D eigenvalue weighted by Gasteiger charge is 2.27. The topological polar surface area (TPSA) is 75.7 Å². The fraction of sp³-hybridized carbons (Fsp3) is 0.316. The summed E-state index contributed by atoms with van der Waals surface area (Å²) in [7, 11) is -2.29. The minimum absolute atomic E-state index is 0.0367. The Bertz CT molecular complexity index is 940. The Morgan fingerprint density at radius 2 is 1.85 bits per heavy atom. The summed E-state index contributed by atoms with van der Waals surface area (Å²) in [5, 5.41) is 2.56. The molecule has 2 aromatic rings. The number of amides is 1. The van der Waals surface area contributed by atoms with Crippen molar-refractivity contribution in [1.29, 1.82) is 0 Å². The molecular formula is C19H21FN2O4S. The molecule has 3 rings (SSSR count). The first-order valence-corrected chi connectivity index (χ1v) is 10.1. The summed E-state index contributed by atoms with van der Waals surface area (Å²) in [4.78, 5) is 12.7. The van der Waals surface area contributed by atoms with Gasteiger partial charge in [0, 0.05) is 18.8 Å². The molecule has 144 valence electrons. The van der Waals surface area contributed by atoms with Crippen molar-refractivity contribution in [1.82, 2.24) is 4.31 Å². The van der Waals surface area contributed by atoms with E-state index in [-0.39, 0.29) is 21.9 Å². The number of rotatable bonds is 5. The number of nitrogens with zero attached hydrogens (tertiary/aromatic N) is 1. The maximum atomic E-state index is 13.3. The summed E-state index contributed by atoms with van der Waals surface area (Å²) >= 11 is 0. The van der Waals surface area contributed by atoms with Crippen LogP contribution in [0.4, 0.5) is 10.1 Å². The van der Waals surface area contributed by atoms with Gasteiger partial charge in [-0.15, -0.1) is 0 Å². The second-order valence-corrected chi connectivity index (χ2v) is 8.23. The zero-order valence-corrected chi connectivity index (χ0v) is 15.8. The van der Waals surface area contributed by atoms with E-state index in [9.17, 15) is 17.6 Å². The van der Waals surface area contributed by atoms with Crippen LogP contribution in [0, 0.1) is 5.82 Å². The summed E-state index contributed by atoms with van der Waals surface area (Å²) in [6.45, 7) is 0.943. The molecule has 0 atom stereocenters. The maximum Gasteiger partial charge on any atom is 0.259 e. The maximum absolute atomic E-state index is 13.3. The van der Waals surface area contributed by atoms with Gasteiger partial charge in [0.05, 0.1) is 17.6 Å². The van der Waals surface area contributed by atoms with E-state index in [1.54, 1.807) is 6.07 Å². The molecule has 0 aromatic heterocycles. The van der Waals surface area contributed by atoms with E-state index in [4.69, 9.17) is 4.74 Å². The van der Waals surface area contributed by atoms with Crippen molar-refractivity contribution < 1.29 is 22.3 Å². The SMILES string of the molecule is COc1ccc(S(=O)(=O)N2CCCCC2)cc1C(=O)Nc1cccc(F)c1. The number of carbonyl (C=O) groups is 1. The van der Waals surface area contributed by atoms with Crippen LogP contribution < -0.4 is 10.1 Å². The van der Waals surface area contributed by atoms with Crippen LogP contribution in [0.25, 0.3) is 0 Å². The normalized spacial score (nSPS) is 15.3. The molecular weight excluding hydrogens is 371 g/mol. The Kier molecular flexibility index (Phi) is 5.76. The summed E-state index contributed by atoms with van der Waals surface area (Å²) < 4.78 is 45.7. The van der Waals surface area contributed by atoms with Crippen molar-refractivity contribution in [3.05, 3.63) is 53.8 Å². The van der Waals surface area contributed by atoms with Gasteiger partial charge < -0.3 is 10.1 Å². The van der Waals surface area contributed by atoms with Crippen LogP contribution in [0.15, 0.2) is 47.4 Å². The molecule has 27 heavy (non-hydrogen) atoms. The molecule has 0 saturated carbocycles. The highest BCUT2D eigenvalue weighted by molar-refractivity contribution is 7.89. The van der Waals surface area contributed by atoms with E-state index in [1.807, 2.05) is 0 Å². The van der Waals surface area contributed by atoms with Crippen LogP contribution in [0.2, 0.25) is 0 Å². The lowest BCUT2D eigenvalue weighted by molar-refractivity contribution is 0.102. The van der Waals surface area contributed by atoms with E-state index >= 15 is 0 Å². The summed E-state index contributed by atoms with van der Waals surface area (Å²) in [6, 6.07) is 9.65. The van der Waals surface area contributed by atoms with E-state index in [0.717, 1.165) is 19.3 Å². The Morgan fingerprint density at radius 1 is 1.11 bits per heavy atom. The molecule has 0 spiro atoms. The number of ether oxygens (including phenoxy) is 1. The van der Waals surface area contributed by atoms with Crippen LogP contribution in [-0.2, 0) is 10.0 Å². The van der Waals surface area contributed by atoms with E-state index in [0.29, 0.717) is 13.1 Å². The number of anilines is 1. The number of carbonyl (C=O) groups excluding carboxylic acids is 1. The molecule has 1 amide bonds. The van der Waals surface area contributed by atoms with Gasteiger partial charge in [-0.2, -0.15) is 4.31 Å². The molecule has 6 nitrogen and oxygen atoms in total. The minimum Gasteiger partial charge on any atom is -0.496 e. The number of piperidine rings is 1. The number of nitrogens with one attached hydrogen (secondary N) is 1. The van der Waals surface area contributed by atoms with Crippen LogP contribution in [0.3, 0.4) is 0 Å². The number of benzene rings is 2. The molecule has 0 radical (unpaired) electrons. The van der Waals surface area contributed by atoms with Gasteiger partial charge in [-0.1, -0.05) is 12.5 Å². The average molecular weight is 392 g/mol. The molecule has 1 saturated heterocycles. The second kappa shape index (κ2) is 8.06. The van der Waals surface area contributed by atoms with Crippen LogP contribution in [-0.4, -0.2) is 38.8 Å². The first kappa shape index (κ1) is 19.3. The standard InChI is InChI=1S/C19H21FN2O4S/c1-26-18-9-8-16(27(24,25)22-10-3-2-4-11-22)13-17(18)19(23)21-15-7-5-6-14(20)12-15/h5-9,12-13H,2-4,10-11H2,1H3,(H,21,23). The zero-order valence-electron chi connectivity index (χ0n) is 14.9. The van der Waals surface area contributed by atoms with Crippen molar-refractivity contribution in [3.63, 3.8) is 0 Å². The number of methoxy groups -OCH3 is 1. The molecule has 1 fully saturated rings. The van der Waals surface area contributed by atoms with Crippen molar-refractivity contribution in [2.45, 2.75) is 24.2 Å². The Balaban J connectivity index is 1.92. The largest absolute Gasteiger partial charge is 0.496 e. The average Bonchev–Trinajstić information content (AvgIpc) is 2.68. The lowest BCUT2D eigenvalue weighted by Crippen LogP contribution is -2.35. The molecule has 0 unspecified atom stereocenters. The van der Waals surface area contributed by atoms with E-state index in [1.165, 1.54) is 47.8 Å². The summed E-state index contributed by atoms with van der Waals surface area (Å²) in [6.07, 6.45) is 2.65. The first-order chi connectivity index (χ1) is 12.9. The molecule has 1 aliphatic rings. The number of sulfonamides is 1. The lowest BCUT2D eigenvalue weighted by Gasteiger charge is -2.26. The fourth-order valence-corrected chi connectivity index (χ4v) is 4.59. The van der Waals surface area contributed by atoms with Gasteiger partial charge >= 0.3 is 0 Å². The molecule has 1 N–H and O–H groups in total. The third-order valence-electron chi connectivity index (χ3n) is 4.45. The van der Waals surface area contributed by atoms with Gasteiger partial charge in [0.25, 0.3) is 5.91 Å². The van der Waals surface area contributed by atoms with Crippen LogP contribution in [0.1, 0.15) is 29.6 Å². The molecule has 1 heterocycles. The Hall–Kier alpha value is -2.45. The number of hydrogen-bond acceptors (Lipinski definition) is 4. The third kappa shape index (κ3) is 4.28. The summed E-state index contributed by atoms with van der Waals surface area (Å²) in [5.74, 6) is -0.823. The van der Waals surface area contributed by atoms with Gasteiger partial charge in [-0.05, 0) is 49.2 Å². The zero-order chi connectivity index (χ0) is 19.4. The number of hydrogen-bond donors (Lipinski definition) is 1. The predicted molar refractivity (Wildman–Crippen MR) is 100.0 cm³/mol. The monoisotopic (exact) mass is 392 g/mol. The quantitative estimate of drug-likeness (QED) is 0.847. The van der Waals surface area contributed by atoms with Crippen molar-refractivity contribution in [3.8, 4) is 5.75 Å². The van der Waals surface area contributed by atoms with Gasteiger partial charge in [0.15, 0.2) is 0 Å². The van der Waals surface area contributed by atoms with Crippen LogP contribution >= 0.6 is 0 Å². The molecule has 0 aliphatic carbocycles. The summed E-state index contributed by atoms with van der Waals surface area (Å²) in [5.41, 5.74) is 0.339. The van der Waals surface area contributed by atoms with E-state index < -0.39 is 21.7 Å². The molecule has 2 aromatic carbocycles. The molecule has 0 bridgehead atoms. The third-order valence-corrected chi connectivity index (χ3v) is 6.35. The van der Waals surface area contributed by atoms with Gasteiger partial charge in [0.1, 0.15) is 11.6 Å². The van der Waals surface area contributed by atoms with Crippen molar-refractivity contribution >= 4 is 21.6 Å². The molecule has 8 heteroatoms. The predicted octanol–water partition coefficient (Wildman–Crippen LogP) is 3.26. The number of halogens is 1. The van der Waals surface area contributed by atoms with Gasteiger partial charge in [-0.25, -0.2) is 12.8 Å². The fourth-order valence-electron chi connectivity index (χ4n) is 3.04. The second-order valence-electron chi connectivity index (χ2n) is 6.29. The first-order valence-electron chi connectivity index (χ1n) is 8.67. The van der Waals surface area contributed by atoms with Crippen molar-refractivity contribution in [2.75, 3.05) is 25.5 Å². The van der Waals surface area contributed by atoms with E-state index in [2.05, 4.69) is 5.32 Å².